The van der Waals surface area contributed by atoms with E-state index in [1.165, 1.54) is 6.07 Å². The number of carbonyl (C=O) groups is 1. The first kappa shape index (κ1) is 15.3. The van der Waals surface area contributed by atoms with Crippen LogP contribution in [0.15, 0.2) is 48.5 Å². The highest BCUT2D eigenvalue weighted by molar-refractivity contribution is 6.00. The van der Waals surface area contributed by atoms with E-state index >= 15 is 0 Å². The van der Waals surface area contributed by atoms with E-state index < -0.39 is 11.7 Å². The number of hydrogen-bond acceptors (Lipinski definition) is 2. The van der Waals surface area contributed by atoms with Crippen molar-refractivity contribution in [1.82, 2.24) is 0 Å². The predicted octanol–water partition coefficient (Wildman–Crippen LogP) is 4.54. The predicted molar refractivity (Wildman–Crippen MR) is 80.4 cm³/mol. The van der Waals surface area contributed by atoms with Crippen LogP contribution >= 0.6 is 0 Å². The van der Waals surface area contributed by atoms with Crippen LogP contribution in [0.25, 0.3) is 6.08 Å². The summed E-state index contributed by atoms with van der Waals surface area (Å²) in [6.45, 7) is 0.181. The minimum atomic E-state index is -4.41. The SMILES string of the molecule is O=C1Cc2ccc(C(F)(F)F)cc2/C=C\COc2ccccc21. The van der Waals surface area contributed by atoms with E-state index in [0.29, 0.717) is 22.4 Å². The average molecular weight is 318 g/mol. The summed E-state index contributed by atoms with van der Waals surface area (Å²) < 4.78 is 44.0. The van der Waals surface area contributed by atoms with Gasteiger partial charge in [-0.25, -0.2) is 0 Å². The molecule has 2 aromatic carbocycles. The number of carbonyl (C=O) groups excluding carboxylic acids is 1. The molecule has 118 valence electrons. The number of ether oxygens (including phenoxy) is 1. The monoisotopic (exact) mass is 318 g/mol. The van der Waals surface area contributed by atoms with Gasteiger partial charge >= 0.3 is 6.18 Å². The summed E-state index contributed by atoms with van der Waals surface area (Å²) >= 11 is 0. The summed E-state index contributed by atoms with van der Waals surface area (Å²) in [5.74, 6) is 0.300. The Morgan fingerprint density at radius 3 is 2.61 bits per heavy atom. The molecule has 0 aliphatic carbocycles. The molecule has 2 aromatic rings. The van der Waals surface area contributed by atoms with Crippen molar-refractivity contribution in [3.05, 3.63) is 70.8 Å². The van der Waals surface area contributed by atoms with E-state index in [-0.39, 0.29) is 18.8 Å². The molecule has 0 spiro atoms. The van der Waals surface area contributed by atoms with Gasteiger partial charge in [0.2, 0.25) is 0 Å². The number of Topliss-reactive ketones (excluding diaryl/α,β-unsaturated/α-hetero) is 1. The smallest absolute Gasteiger partial charge is 0.416 e. The van der Waals surface area contributed by atoms with Crippen LogP contribution in [0.1, 0.15) is 27.0 Å². The quantitative estimate of drug-likeness (QED) is 0.713. The molecule has 0 atom stereocenters. The summed E-state index contributed by atoms with van der Waals surface area (Å²) in [5.41, 5.74) is 0.660. The third-order valence-electron chi connectivity index (χ3n) is 3.64. The zero-order valence-corrected chi connectivity index (χ0v) is 12.1. The molecule has 1 aliphatic rings. The summed E-state index contributed by atoms with van der Waals surface area (Å²) in [6, 6.07) is 10.3. The molecule has 0 fully saturated rings. The van der Waals surface area contributed by atoms with E-state index in [9.17, 15) is 18.0 Å². The Balaban J connectivity index is 2.04. The Bertz CT molecular complexity index is 776. The van der Waals surface area contributed by atoms with Gasteiger partial charge in [0.1, 0.15) is 12.4 Å². The zero-order valence-electron chi connectivity index (χ0n) is 12.1. The molecule has 0 saturated heterocycles. The van der Waals surface area contributed by atoms with E-state index in [4.69, 9.17) is 4.74 Å². The first-order valence-electron chi connectivity index (χ1n) is 7.07. The maximum absolute atomic E-state index is 12.8. The van der Waals surface area contributed by atoms with Crippen molar-refractivity contribution in [3.8, 4) is 5.75 Å². The Morgan fingerprint density at radius 2 is 1.83 bits per heavy atom. The lowest BCUT2D eigenvalue weighted by Crippen LogP contribution is -2.11. The highest BCUT2D eigenvalue weighted by Crippen LogP contribution is 2.32. The minimum Gasteiger partial charge on any atom is -0.489 e. The number of para-hydroxylation sites is 1. The average Bonchev–Trinajstić information content (AvgIpc) is 2.52. The number of hydrogen-bond donors (Lipinski definition) is 0. The van der Waals surface area contributed by atoms with Crippen molar-refractivity contribution in [3.63, 3.8) is 0 Å². The second-order valence-corrected chi connectivity index (χ2v) is 5.22. The lowest BCUT2D eigenvalue weighted by Gasteiger charge is -2.14. The highest BCUT2D eigenvalue weighted by atomic mass is 19.4. The van der Waals surface area contributed by atoms with Crippen molar-refractivity contribution < 1.29 is 22.7 Å². The lowest BCUT2D eigenvalue weighted by atomic mass is 9.96. The topological polar surface area (TPSA) is 26.3 Å². The van der Waals surface area contributed by atoms with Gasteiger partial charge in [0, 0.05) is 6.42 Å². The van der Waals surface area contributed by atoms with Gasteiger partial charge in [-0.15, -0.1) is 0 Å². The molecule has 1 aliphatic heterocycles. The first-order valence-corrected chi connectivity index (χ1v) is 7.07. The van der Waals surface area contributed by atoms with Crippen molar-refractivity contribution >= 4 is 11.9 Å². The first-order chi connectivity index (χ1) is 10.9. The molecule has 0 saturated carbocycles. The van der Waals surface area contributed by atoms with E-state index in [2.05, 4.69) is 0 Å². The van der Waals surface area contributed by atoms with Crippen LogP contribution in [0.2, 0.25) is 0 Å². The Labute approximate surface area is 131 Å². The van der Waals surface area contributed by atoms with Crippen LogP contribution in [-0.4, -0.2) is 12.4 Å². The standard InChI is InChI=1S/C18H13F3O2/c19-18(20,21)14-8-7-13-11-16(22)15-5-1-2-6-17(15)23-9-3-4-12(13)10-14/h1-8,10H,9,11H2/b4-3-. The third-order valence-corrected chi connectivity index (χ3v) is 3.64. The van der Waals surface area contributed by atoms with Gasteiger partial charge in [0.15, 0.2) is 5.78 Å². The van der Waals surface area contributed by atoms with Gasteiger partial charge in [-0.1, -0.05) is 24.3 Å². The molecule has 0 N–H and O–H groups in total. The van der Waals surface area contributed by atoms with Gasteiger partial charge in [-0.05, 0) is 41.5 Å². The molecule has 0 amide bonds. The number of benzene rings is 2. The fourth-order valence-electron chi connectivity index (χ4n) is 2.49. The van der Waals surface area contributed by atoms with Crippen molar-refractivity contribution in [2.75, 3.05) is 6.61 Å². The van der Waals surface area contributed by atoms with Crippen molar-refractivity contribution in [2.24, 2.45) is 0 Å². The molecule has 3 rings (SSSR count). The van der Waals surface area contributed by atoms with Gasteiger partial charge < -0.3 is 4.74 Å². The van der Waals surface area contributed by atoms with Gasteiger partial charge in [0.25, 0.3) is 0 Å². The number of fused-ring (bicyclic) bond motifs is 2. The zero-order chi connectivity index (χ0) is 16.4. The summed E-state index contributed by atoms with van der Waals surface area (Å²) in [5, 5.41) is 0. The largest absolute Gasteiger partial charge is 0.489 e. The van der Waals surface area contributed by atoms with Crippen molar-refractivity contribution in [2.45, 2.75) is 12.6 Å². The molecular formula is C18H13F3O2. The van der Waals surface area contributed by atoms with Gasteiger partial charge in [0.05, 0.1) is 11.1 Å². The second kappa shape index (κ2) is 5.91. The van der Waals surface area contributed by atoms with Crippen molar-refractivity contribution in [1.29, 1.82) is 0 Å². The summed E-state index contributed by atoms with van der Waals surface area (Å²) in [7, 11) is 0. The van der Waals surface area contributed by atoms with E-state index in [1.807, 2.05) is 0 Å². The fourth-order valence-corrected chi connectivity index (χ4v) is 2.49. The molecule has 0 unspecified atom stereocenters. The molecule has 0 aromatic heterocycles. The Morgan fingerprint density at radius 1 is 1.04 bits per heavy atom. The lowest BCUT2D eigenvalue weighted by molar-refractivity contribution is -0.137. The van der Waals surface area contributed by atoms with Crippen LogP contribution < -0.4 is 4.74 Å². The highest BCUT2D eigenvalue weighted by Gasteiger charge is 2.31. The molecule has 5 heteroatoms. The maximum Gasteiger partial charge on any atom is 0.416 e. The van der Waals surface area contributed by atoms with Crippen LogP contribution in [-0.2, 0) is 12.6 Å². The van der Waals surface area contributed by atoms with Crippen LogP contribution in [0.5, 0.6) is 5.75 Å². The summed E-state index contributed by atoms with van der Waals surface area (Å²) in [6.07, 6.45) is -1.18. The molecule has 1 heterocycles. The third kappa shape index (κ3) is 3.28. The van der Waals surface area contributed by atoms with E-state index in [1.54, 1.807) is 36.4 Å². The molecule has 2 nitrogen and oxygen atoms in total. The fraction of sp³-hybridized carbons (Fsp3) is 0.167. The van der Waals surface area contributed by atoms with E-state index in [0.717, 1.165) is 12.1 Å². The van der Waals surface area contributed by atoms with Crippen LogP contribution in [0.4, 0.5) is 13.2 Å². The maximum atomic E-state index is 12.8. The molecule has 0 bridgehead atoms. The normalized spacial score (nSPS) is 16.0. The Kier molecular flexibility index (Phi) is 3.94. The molecule has 0 radical (unpaired) electrons. The molecule has 23 heavy (non-hydrogen) atoms. The van der Waals surface area contributed by atoms with Gasteiger partial charge in [-0.2, -0.15) is 13.2 Å². The second-order valence-electron chi connectivity index (χ2n) is 5.22. The molecular weight excluding hydrogens is 305 g/mol. The summed E-state index contributed by atoms with van der Waals surface area (Å²) in [4.78, 5) is 12.4. The van der Waals surface area contributed by atoms with Crippen LogP contribution in [0, 0.1) is 0 Å². The van der Waals surface area contributed by atoms with Crippen LogP contribution in [0.3, 0.4) is 0 Å². The number of ketones is 1. The number of rotatable bonds is 0. The number of alkyl halides is 3. The number of halogens is 3. The Hall–Kier alpha value is -2.56. The minimum absolute atomic E-state index is 0.0260. The van der Waals surface area contributed by atoms with Gasteiger partial charge in [-0.3, -0.25) is 4.79 Å².